The van der Waals surface area contributed by atoms with Crippen LogP contribution in [0.3, 0.4) is 0 Å². The first-order valence-corrected chi connectivity index (χ1v) is 11.3. The summed E-state index contributed by atoms with van der Waals surface area (Å²) in [6.45, 7) is 8.53. The third kappa shape index (κ3) is 4.92. The van der Waals surface area contributed by atoms with Gasteiger partial charge in [-0.2, -0.15) is 0 Å². The van der Waals surface area contributed by atoms with Gasteiger partial charge in [-0.3, -0.25) is 9.59 Å². The molecule has 0 radical (unpaired) electrons. The van der Waals surface area contributed by atoms with E-state index in [-0.39, 0.29) is 12.2 Å². The Morgan fingerprint density at radius 3 is 2.28 bits per heavy atom. The average molecular weight is 411 g/mol. The number of hydrogen-bond donors (Lipinski definition) is 0. The van der Waals surface area contributed by atoms with Crippen LogP contribution in [0.4, 0.5) is 0 Å². The second-order valence-electron chi connectivity index (χ2n) is 8.55. The number of carbonyl (C=O) groups is 2. The van der Waals surface area contributed by atoms with Crippen LogP contribution in [0.5, 0.6) is 0 Å². The van der Waals surface area contributed by atoms with Gasteiger partial charge in [0.05, 0.1) is 6.42 Å². The Balaban J connectivity index is 1.87. The predicted molar refractivity (Wildman–Crippen MR) is 118 cm³/mol. The molecule has 3 rings (SSSR count). The lowest BCUT2D eigenvalue weighted by Crippen LogP contribution is -2.47. The number of rotatable bonds is 7. The largest absolute Gasteiger partial charge is 0.453 e. The van der Waals surface area contributed by atoms with Gasteiger partial charge in [-0.05, 0) is 41.9 Å². The molecule has 1 saturated heterocycles. The Hall–Kier alpha value is -2.07. The molecule has 2 atom stereocenters. The van der Waals surface area contributed by atoms with Crippen molar-refractivity contribution < 1.29 is 14.3 Å². The van der Waals surface area contributed by atoms with Crippen LogP contribution >= 0.6 is 11.8 Å². The summed E-state index contributed by atoms with van der Waals surface area (Å²) in [4.78, 5) is 27.2. The Labute approximate surface area is 178 Å². The lowest BCUT2D eigenvalue weighted by atomic mass is 9.80. The highest BCUT2D eigenvalue weighted by Crippen LogP contribution is 2.43. The molecule has 0 bridgehead atoms. The van der Waals surface area contributed by atoms with Gasteiger partial charge in [-0.1, -0.05) is 76.2 Å². The van der Waals surface area contributed by atoms with Crippen molar-refractivity contribution in [2.45, 2.75) is 68.6 Å². The van der Waals surface area contributed by atoms with Gasteiger partial charge in [0.25, 0.3) is 0 Å². The van der Waals surface area contributed by atoms with Crippen molar-refractivity contribution in [1.82, 2.24) is 0 Å². The van der Waals surface area contributed by atoms with Crippen LogP contribution in [0.15, 0.2) is 59.5 Å². The molecule has 2 aromatic carbocycles. The third-order valence-corrected chi connectivity index (χ3v) is 6.79. The fourth-order valence-electron chi connectivity index (χ4n) is 3.80. The van der Waals surface area contributed by atoms with E-state index in [1.165, 1.54) is 11.8 Å². The number of cyclic esters (lactones) is 1. The second-order valence-corrected chi connectivity index (χ2v) is 9.69. The fraction of sp³-hybridized carbons (Fsp3) is 0.440. The molecule has 1 aliphatic heterocycles. The Morgan fingerprint density at radius 2 is 1.66 bits per heavy atom. The molecule has 3 nitrogen and oxygen atoms in total. The minimum absolute atomic E-state index is 0.0441. The summed E-state index contributed by atoms with van der Waals surface area (Å²) < 4.78 is 6.09. The molecule has 29 heavy (non-hydrogen) atoms. The van der Waals surface area contributed by atoms with Crippen molar-refractivity contribution >= 4 is 23.5 Å². The number of thioether (sulfide) groups is 1. The van der Waals surface area contributed by atoms with Gasteiger partial charge in [0.1, 0.15) is 5.60 Å². The highest BCUT2D eigenvalue weighted by Gasteiger charge is 2.48. The maximum absolute atomic E-state index is 13.2. The molecule has 0 aliphatic carbocycles. The van der Waals surface area contributed by atoms with Gasteiger partial charge in [0.2, 0.25) is 0 Å². The van der Waals surface area contributed by atoms with E-state index in [0.717, 1.165) is 22.4 Å². The monoisotopic (exact) mass is 410 g/mol. The van der Waals surface area contributed by atoms with Crippen molar-refractivity contribution in [2.75, 3.05) is 0 Å². The summed E-state index contributed by atoms with van der Waals surface area (Å²) in [6.07, 6.45) is 1.78. The van der Waals surface area contributed by atoms with E-state index in [2.05, 4.69) is 33.8 Å². The molecule has 0 N–H and O–H groups in total. The molecule has 0 amide bonds. The first kappa shape index (κ1) is 21.6. The number of benzene rings is 2. The van der Waals surface area contributed by atoms with E-state index in [9.17, 15) is 9.59 Å². The lowest BCUT2D eigenvalue weighted by Gasteiger charge is -2.39. The van der Waals surface area contributed by atoms with E-state index >= 15 is 0 Å². The van der Waals surface area contributed by atoms with Gasteiger partial charge in [0.15, 0.2) is 11.0 Å². The standard InChI is InChI=1S/C25H30O3S/c1-17(2)14-15-25(19-10-6-5-7-11-19)16-21(26)23(24(27)28-25)29-22-13-9-8-12-20(22)18(3)4/h5-13,17-18,23H,14-16H2,1-4H3. The minimum Gasteiger partial charge on any atom is -0.453 e. The maximum atomic E-state index is 13.2. The van der Waals surface area contributed by atoms with Gasteiger partial charge in [-0.15, -0.1) is 11.8 Å². The molecular formula is C25H30O3S. The van der Waals surface area contributed by atoms with Crippen LogP contribution in [-0.2, 0) is 19.9 Å². The van der Waals surface area contributed by atoms with Gasteiger partial charge >= 0.3 is 5.97 Å². The molecule has 0 spiro atoms. The number of Topliss-reactive ketones (excluding diaryl/α,β-unsaturated/α-hetero) is 1. The molecular weight excluding hydrogens is 380 g/mol. The number of hydrogen-bond acceptors (Lipinski definition) is 4. The van der Waals surface area contributed by atoms with E-state index in [1.807, 2.05) is 48.5 Å². The second kappa shape index (κ2) is 9.17. The van der Waals surface area contributed by atoms with Crippen molar-refractivity contribution in [3.05, 3.63) is 65.7 Å². The molecule has 1 fully saturated rings. The van der Waals surface area contributed by atoms with E-state index in [1.54, 1.807) is 0 Å². The van der Waals surface area contributed by atoms with Crippen LogP contribution in [0.2, 0.25) is 0 Å². The maximum Gasteiger partial charge on any atom is 0.327 e. The summed E-state index contributed by atoms with van der Waals surface area (Å²) in [5, 5.41) is -0.800. The van der Waals surface area contributed by atoms with Crippen molar-refractivity contribution in [3.63, 3.8) is 0 Å². The SMILES string of the molecule is CC(C)CCC1(c2ccccc2)CC(=O)C(Sc2ccccc2C(C)C)C(=O)O1. The summed E-state index contributed by atoms with van der Waals surface area (Å²) in [6, 6.07) is 17.7. The Bertz CT molecular complexity index is 839. The zero-order chi connectivity index (χ0) is 21.0. The molecule has 4 heteroatoms. The molecule has 2 unspecified atom stereocenters. The average Bonchev–Trinajstić information content (AvgIpc) is 2.70. The highest BCUT2D eigenvalue weighted by atomic mass is 32.2. The minimum atomic E-state index is -0.853. The Kier molecular flexibility index (Phi) is 6.84. The first-order valence-electron chi connectivity index (χ1n) is 10.4. The first-order chi connectivity index (χ1) is 13.8. The molecule has 154 valence electrons. The van der Waals surface area contributed by atoms with Crippen LogP contribution in [0.1, 0.15) is 64.0 Å². The third-order valence-electron chi connectivity index (χ3n) is 5.47. The zero-order valence-corrected chi connectivity index (χ0v) is 18.5. The molecule has 0 aromatic heterocycles. The number of ketones is 1. The van der Waals surface area contributed by atoms with Crippen LogP contribution in [0.25, 0.3) is 0 Å². The normalized spacial score (nSPS) is 22.2. The smallest absolute Gasteiger partial charge is 0.327 e. The van der Waals surface area contributed by atoms with Crippen LogP contribution < -0.4 is 0 Å². The molecule has 1 aliphatic rings. The lowest BCUT2D eigenvalue weighted by molar-refractivity contribution is -0.172. The quantitative estimate of drug-likeness (QED) is 0.407. The fourth-order valence-corrected chi connectivity index (χ4v) is 5.01. The van der Waals surface area contributed by atoms with Crippen molar-refractivity contribution in [3.8, 4) is 0 Å². The van der Waals surface area contributed by atoms with Gasteiger partial charge in [-0.25, -0.2) is 0 Å². The summed E-state index contributed by atoms with van der Waals surface area (Å²) >= 11 is 1.33. The van der Waals surface area contributed by atoms with E-state index < -0.39 is 16.8 Å². The number of ether oxygens (including phenoxy) is 1. The zero-order valence-electron chi connectivity index (χ0n) is 17.7. The summed E-state index contributed by atoms with van der Waals surface area (Å²) in [7, 11) is 0. The highest BCUT2D eigenvalue weighted by molar-refractivity contribution is 8.01. The van der Waals surface area contributed by atoms with Crippen LogP contribution in [0, 0.1) is 5.92 Å². The van der Waals surface area contributed by atoms with Gasteiger partial charge < -0.3 is 4.74 Å². The van der Waals surface area contributed by atoms with E-state index in [0.29, 0.717) is 18.3 Å². The van der Waals surface area contributed by atoms with Gasteiger partial charge in [0, 0.05) is 4.90 Å². The molecule has 2 aromatic rings. The summed E-state index contributed by atoms with van der Waals surface area (Å²) in [5.41, 5.74) is 1.21. The van der Waals surface area contributed by atoms with Crippen molar-refractivity contribution in [2.24, 2.45) is 5.92 Å². The topological polar surface area (TPSA) is 43.4 Å². The predicted octanol–water partition coefficient (Wildman–Crippen LogP) is 6.12. The molecule has 1 heterocycles. The Morgan fingerprint density at radius 1 is 1.00 bits per heavy atom. The number of carbonyl (C=O) groups excluding carboxylic acids is 2. The molecule has 0 saturated carbocycles. The number of esters is 1. The van der Waals surface area contributed by atoms with Crippen molar-refractivity contribution in [1.29, 1.82) is 0 Å². The summed E-state index contributed by atoms with van der Waals surface area (Å²) in [5.74, 6) is 0.326. The van der Waals surface area contributed by atoms with Crippen LogP contribution in [-0.4, -0.2) is 17.0 Å². The van der Waals surface area contributed by atoms with E-state index in [4.69, 9.17) is 4.74 Å².